The largest absolute Gasteiger partial charge is 0.393 e. The molecule has 4 aliphatic rings. The molecule has 1 saturated carbocycles. The predicted molar refractivity (Wildman–Crippen MR) is 129 cm³/mol. The molecule has 0 amide bonds. The van der Waals surface area contributed by atoms with Crippen molar-refractivity contribution < 1.29 is 9.90 Å². The van der Waals surface area contributed by atoms with E-state index in [1.54, 1.807) is 11.1 Å². The summed E-state index contributed by atoms with van der Waals surface area (Å²) in [6.07, 6.45) is 13.7. The maximum absolute atomic E-state index is 12.2. The SMILES string of the molecule is CC(C)C(=O)CC[C@@H](C)[C@H]1C=C[C@@H]2C3=C(CC[C@@]21C)[C@@]1(C)CC[C@H](O)C(C)(C)[C@@H]1CC3. The topological polar surface area (TPSA) is 37.3 Å². The van der Waals surface area contributed by atoms with Gasteiger partial charge in [0.2, 0.25) is 0 Å². The number of rotatable bonds is 5. The molecule has 4 rings (SSSR count). The second-order valence-electron chi connectivity index (χ2n) is 12.9. The summed E-state index contributed by atoms with van der Waals surface area (Å²) in [6.45, 7) is 16.1. The summed E-state index contributed by atoms with van der Waals surface area (Å²) in [5.74, 6) is 2.89. The summed E-state index contributed by atoms with van der Waals surface area (Å²) < 4.78 is 0. The first-order valence-electron chi connectivity index (χ1n) is 13.0. The van der Waals surface area contributed by atoms with Crippen LogP contribution in [-0.2, 0) is 4.79 Å². The highest BCUT2D eigenvalue weighted by Crippen LogP contribution is 2.66. The van der Waals surface area contributed by atoms with Crippen LogP contribution in [0.4, 0.5) is 0 Å². The smallest absolute Gasteiger partial charge is 0.135 e. The summed E-state index contributed by atoms with van der Waals surface area (Å²) in [5, 5.41) is 10.7. The van der Waals surface area contributed by atoms with Gasteiger partial charge in [0.15, 0.2) is 0 Å². The Morgan fingerprint density at radius 3 is 2.45 bits per heavy atom. The number of carbonyl (C=O) groups excluding carboxylic acids is 1. The molecule has 0 aliphatic heterocycles. The van der Waals surface area contributed by atoms with E-state index >= 15 is 0 Å². The minimum atomic E-state index is -0.160. The Bertz CT molecular complexity index is 787. The van der Waals surface area contributed by atoms with Crippen molar-refractivity contribution in [1.29, 1.82) is 0 Å². The number of aliphatic hydroxyl groups excluding tert-OH is 1. The molecule has 1 N–H and O–H groups in total. The molecule has 2 nitrogen and oxygen atoms in total. The lowest BCUT2D eigenvalue weighted by Gasteiger charge is -2.60. The Morgan fingerprint density at radius 1 is 1.06 bits per heavy atom. The summed E-state index contributed by atoms with van der Waals surface area (Å²) in [5.41, 5.74) is 4.10. The van der Waals surface area contributed by atoms with Crippen LogP contribution in [0.1, 0.15) is 99.8 Å². The van der Waals surface area contributed by atoms with E-state index in [9.17, 15) is 9.90 Å². The maximum Gasteiger partial charge on any atom is 0.135 e. The van der Waals surface area contributed by atoms with Crippen molar-refractivity contribution in [3.8, 4) is 0 Å². The zero-order valence-electron chi connectivity index (χ0n) is 21.1. The molecular weight excluding hydrogens is 380 g/mol. The zero-order valence-corrected chi connectivity index (χ0v) is 21.1. The van der Waals surface area contributed by atoms with E-state index in [0.717, 1.165) is 25.7 Å². The average molecular weight is 427 g/mol. The maximum atomic E-state index is 12.2. The molecule has 4 aliphatic carbocycles. The van der Waals surface area contributed by atoms with Gasteiger partial charge in [-0.2, -0.15) is 0 Å². The van der Waals surface area contributed by atoms with Gasteiger partial charge in [0.1, 0.15) is 5.78 Å². The van der Waals surface area contributed by atoms with Gasteiger partial charge in [-0.1, -0.05) is 71.8 Å². The Kier molecular flexibility index (Phi) is 5.90. The van der Waals surface area contributed by atoms with Gasteiger partial charge in [0.25, 0.3) is 0 Å². The minimum Gasteiger partial charge on any atom is -0.393 e. The predicted octanol–water partition coefficient (Wildman–Crippen LogP) is 7.12. The van der Waals surface area contributed by atoms with Crippen LogP contribution in [0.2, 0.25) is 0 Å². The molecule has 0 saturated heterocycles. The van der Waals surface area contributed by atoms with E-state index in [2.05, 4.69) is 46.8 Å². The summed E-state index contributed by atoms with van der Waals surface area (Å²) >= 11 is 0. The lowest BCUT2D eigenvalue weighted by molar-refractivity contribution is -0.122. The summed E-state index contributed by atoms with van der Waals surface area (Å²) in [4.78, 5) is 12.2. The minimum absolute atomic E-state index is 0.0117. The first kappa shape index (κ1) is 23.3. The highest BCUT2D eigenvalue weighted by molar-refractivity contribution is 5.80. The van der Waals surface area contributed by atoms with Crippen LogP contribution < -0.4 is 0 Å². The number of hydrogen-bond acceptors (Lipinski definition) is 2. The molecule has 0 heterocycles. The second kappa shape index (κ2) is 7.86. The fourth-order valence-electron chi connectivity index (χ4n) is 8.48. The van der Waals surface area contributed by atoms with Gasteiger partial charge in [-0.3, -0.25) is 4.79 Å². The molecule has 174 valence electrons. The normalized spacial score (nSPS) is 42.2. The molecule has 1 fully saturated rings. The van der Waals surface area contributed by atoms with Crippen molar-refractivity contribution >= 4 is 5.78 Å². The molecule has 0 unspecified atom stereocenters. The molecule has 0 bridgehead atoms. The first-order chi connectivity index (χ1) is 14.4. The Balaban J connectivity index is 1.57. The van der Waals surface area contributed by atoms with Crippen LogP contribution in [0, 0.1) is 45.8 Å². The van der Waals surface area contributed by atoms with E-state index in [4.69, 9.17) is 0 Å². The van der Waals surface area contributed by atoms with Crippen molar-refractivity contribution in [2.75, 3.05) is 0 Å². The molecule has 0 aromatic heterocycles. The molecule has 31 heavy (non-hydrogen) atoms. The number of Topliss-reactive ketones (excluding diaryl/α,β-unsaturated/α-hetero) is 1. The van der Waals surface area contributed by atoms with Crippen molar-refractivity contribution in [1.82, 2.24) is 0 Å². The van der Waals surface area contributed by atoms with Crippen LogP contribution in [0.15, 0.2) is 23.3 Å². The van der Waals surface area contributed by atoms with Crippen LogP contribution in [0.5, 0.6) is 0 Å². The van der Waals surface area contributed by atoms with Crippen LogP contribution in [0.25, 0.3) is 0 Å². The van der Waals surface area contributed by atoms with Gasteiger partial charge in [0, 0.05) is 18.3 Å². The number of hydrogen-bond donors (Lipinski definition) is 1. The van der Waals surface area contributed by atoms with Gasteiger partial charge in [-0.25, -0.2) is 0 Å². The quantitative estimate of drug-likeness (QED) is 0.475. The van der Waals surface area contributed by atoms with E-state index in [-0.39, 0.29) is 22.9 Å². The van der Waals surface area contributed by atoms with Crippen molar-refractivity contribution in [2.45, 2.75) is 106 Å². The molecule has 2 heteroatoms. The van der Waals surface area contributed by atoms with Crippen molar-refractivity contribution in [3.63, 3.8) is 0 Å². The number of fused-ring (bicyclic) bond motifs is 4. The van der Waals surface area contributed by atoms with E-state index < -0.39 is 0 Å². The van der Waals surface area contributed by atoms with Crippen molar-refractivity contribution in [2.24, 2.45) is 45.8 Å². The molecule has 0 radical (unpaired) electrons. The number of ketones is 1. The van der Waals surface area contributed by atoms with Crippen LogP contribution in [-0.4, -0.2) is 17.0 Å². The average Bonchev–Trinajstić information content (AvgIpc) is 3.06. The number of aliphatic hydroxyl groups is 1. The van der Waals surface area contributed by atoms with Crippen LogP contribution >= 0.6 is 0 Å². The van der Waals surface area contributed by atoms with E-state index in [0.29, 0.717) is 34.9 Å². The molecule has 0 spiro atoms. The summed E-state index contributed by atoms with van der Waals surface area (Å²) in [6, 6.07) is 0. The van der Waals surface area contributed by atoms with Gasteiger partial charge >= 0.3 is 0 Å². The first-order valence-corrected chi connectivity index (χ1v) is 13.0. The third kappa shape index (κ3) is 3.51. The lowest BCUT2D eigenvalue weighted by atomic mass is 9.45. The highest BCUT2D eigenvalue weighted by Gasteiger charge is 2.58. The zero-order chi connectivity index (χ0) is 22.8. The number of allylic oxidation sites excluding steroid dienone is 4. The Hall–Kier alpha value is -0.890. The van der Waals surface area contributed by atoms with Gasteiger partial charge in [0.05, 0.1) is 6.10 Å². The van der Waals surface area contributed by atoms with E-state index in [1.807, 2.05) is 13.8 Å². The monoisotopic (exact) mass is 426 g/mol. The van der Waals surface area contributed by atoms with E-state index in [1.165, 1.54) is 25.7 Å². The third-order valence-electron chi connectivity index (χ3n) is 10.6. The Morgan fingerprint density at radius 2 is 1.77 bits per heavy atom. The van der Waals surface area contributed by atoms with Gasteiger partial charge in [-0.05, 0) is 78.9 Å². The third-order valence-corrected chi connectivity index (χ3v) is 10.6. The van der Waals surface area contributed by atoms with Crippen LogP contribution in [0.3, 0.4) is 0 Å². The van der Waals surface area contributed by atoms with Gasteiger partial charge < -0.3 is 5.11 Å². The molecule has 0 aromatic rings. The van der Waals surface area contributed by atoms with Crippen molar-refractivity contribution in [3.05, 3.63) is 23.3 Å². The Labute approximate surface area is 191 Å². The second-order valence-corrected chi connectivity index (χ2v) is 12.9. The summed E-state index contributed by atoms with van der Waals surface area (Å²) in [7, 11) is 0. The molecular formula is C29H46O2. The standard InChI is InChI=1S/C29H46O2/c1-18(2)24(30)12-8-19(3)21-10-11-22-20-9-13-25-27(4,5)26(31)15-17-29(25,7)23(20)14-16-28(21,22)6/h10-11,18-19,21-22,25-26,31H,8-9,12-17H2,1-7H3/t19-,21-,22-,25+,26+,28-,29-/m1/s1. The number of carbonyl (C=O) groups is 1. The van der Waals surface area contributed by atoms with Gasteiger partial charge in [-0.15, -0.1) is 0 Å². The fourth-order valence-corrected chi connectivity index (χ4v) is 8.48. The molecule has 7 atom stereocenters. The fraction of sp³-hybridized carbons (Fsp3) is 0.828. The lowest BCUT2D eigenvalue weighted by Crippen LogP contribution is -2.53. The molecule has 0 aromatic carbocycles. The highest BCUT2D eigenvalue weighted by atomic mass is 16.3.